The number of amides is 1. The van der Waals surface area contributed by atoms with Gasteiger partial charge in [-0.1, -0.05) is 0 Å². The number of halogens is 1. The molecule has 1 aromatic rings. The first kappa shape index (κ1) is 11.8. The summed E-state index contributed by atoms with van der Waals surface area (Å²) in [6, 6.07) is 1.28. The predicted octanol–water partition coefficient (Wildman–Crippen LogP) is 0.664. The van der Waals surface area contributed by atoms with Crippen LogP contribution >= 0.6 is 0 Å². The number of morpholine rings is 1. The largest absolute Gasteiger partial charge is 0.381 e. The lowest BCUT2D eigenvalue weighted by molar-refractivity contribution is 0.00335. The summed E-state index contributed by atoms with van der Waals surface area (Å²) >= 11 is 0. The summed E-state index contributed by atoms with van der Waals surface area (Å²) in [4.78, 5) is 17.3. The van der Waals surface area contributed by atoms with E-state index >= 15 is 0 Å². The van der Waals surface area contributed by atoms with Gasteiger partial charge in [-0.2, -0.15) is 0 Å². The Morgan fingerprint density at radius 2 is 2.47 bits per heavy atom. The molecule has 0 spiro atoms. The molecule has 0 saturated carbocycles. The van der Waals surface area contributed by atoms with Gasteiger partial charge in [0.15, 0.2) is 11.6 Å². The summed E-state index contributed by atoms with van der Waals surface area (Å²) in [7, 11) is 0. The molecule has 1 atom stereocenters. The molecule has 0 bridgehead atoms. The van der Waals surface area contributed by atoms with Gasteiger partial charge in [0.2, 0.25) is 0 Å². The third-order valence-electron chi connectivity index (χ3n) is 2.78. The Balaban J connectivity index is 2.27. The van der Waals surface area contributed by atoms with Crippen LogP contribution in [0.3, 0.4) is 0 Å². The monoisotopic (exact) mass is 239 g/mol. The molecule has 2 heterocycles. The zero-order valence-corrected chi connectivity index (χ0v) is 9.52. The van der Waals surface area contributed by atoms with Crippen LogP contribution in [0.2, 0.25) is 0 Å². The minimum absolute atomic E-state index is 0.0359. The number of carbonyl (C=O) groups excluding carboxylic acids is 1. The lowest BCUT2D eigenvalue weighted by atomic mass is 10.1. The summed E-state index contributed by atoms with van der Waals surface area (Å²) in [5, 5.41) is 0. The summed E-state index contributed by atoms with van der Waals surface area (Å²) in [6.45, 7) is 3.26. The molecule has 6 heteroatoms. The standard InChI is InChI=1S/C11H14FN3O2/c1-7-6-17-5-4-15(7)11(16)8-2-3-14-10(13)9(8)12/h2-3,7H,4-6H2,1H3,(H2,13,14). The second-order valence-electron chi connectivity index (χ2n) is 3.98. The fourth-order valence-electron chi connectivity index (χ4n) is 1.81. The van der Waals surface area contributed by atoms with E-state index in [1.807, 2.05) is 6.92 Å². The van der Waals surface area contributed by atoms with Crippen LogP contribution in [0.5, 0.6) is 0 Å². The van der Waals surface area contributed by atoms with Crippen LogP contribution in [0, 0.1) is 5.82 Å². The van der Waals surface area contributed by atoms with Crippen LogP contribution in [0.25, 0.3) is 0 Å². The van der Waals surface area contributed by atoms with Gasteiger partial charge in [0, 0.05) is 12.7 Å². The van der Waals surface area contributed by atoms with Gasteiger partial charge in [-0.15, -0.1) is 0 Å². The second kappa shape index (κ2) is 4.67. The first-order valence-corrected chi connectivity index (χ1v) is 5.40. The van der Waals surface area contributed by atoms with Crippen molar-refractivity contribution in [2.24, 2.45) is 0 Å². The average Bonchev–Trinajstić information content (AvgIpc) is 2.32. The zero-order chi connectivity index (χ0) is 12.4. The van der Waals surface area contributed by atoms with Gasteiger partial charge in [0.05, 0.1) is 24.8 Å². The minimum Gasteiger partial charge on any atom is -0.381 e. The molecule has 0 aromatic carbocycles. The average molecular weight is 239 g/mol. The maximum atomic E-state index is 13.7. The molecule has 1 aliphatic rings. The van der Waals surface area contributed by atoms with Crippen LogP contribution in [0.1, 0.15) is 17.3 Å². The fourth-order valence-corrected chi connectivity index (χ4v) is 1.81. The topological polar surface area (TPSA) is 68.5 Å². The van der Waals surface area contributed by atoms with Crippen molar-refractivity contribution in [1.82, 2.24) is 9.88 Å². The lowest BCUT2D eigenvalue weighted by Gasteiger charge is -2.33. The third kappa shape index (κ3) is 2.21. The zero-order valence-electron chi connectivity index (χ0n) is 9.52. The molecular weight excluding hydrogens is 225 g/mol. The molecule has 0 radical (unpaired) electrons. The molecule has 17 heavy (non-hydrogen) atoms. The fraction of sp³-hybridized carbons (Fsp3) is 0.455. The van der Waals surface area contributed by atoms with Gasteiger partial charge in [-0.25, -0.2) is 9.37 Å². The van der Waals surface area contributed by atoms with E-state index in [4.69, 9.17) is 10.5 Å². The van der Waals surface area contributed by atoms with Crippen molar-refractivity contribution >= 4 is 11.7 Å². The molecule has 92 valence electrons. The molecule has 1 amide bonds. The van der Waals surface area contributed by atoms with Crippen molar-refractivity contribution < 1.29 is 13.9 Å². The lowest BCUT2D eigenvalue weighted by Crippen LogP contribution is -2.47. The van der Waals surface area contributed by atoms with Crippen LogP contribution in [0.4, 0.5) is 10.2 Å². The Morgan fingerprint density at radius 3 is 3.18 bits per heavy atom. The molecule has 0 aliphatic carbocycles. The van der Waals surface area contributed by atoms with E-state index in [2.05, 4.69) is 4.98 Å². The van der Waals surface area contributed by atoms with Crippen LogP contribution in [0.15, 0.2) is 12.3 Å². The number of ether oxygens (including phenoxy) is 1. The van der Waals surface area contributed by atoms with Crippen molar-refractivity contribution in [3.8, 4) is 0 Å². The number of rotatable bonds is 1. The van der Waals surface area contributed by atoms with Gasteiger partial charge < -0.3 is 15.4 Å². The van der Waals surface area contributed by atoms with Gasteiger partial charge in [-0.05, 0) is 13.0 Å². The molecule has 2 rings (SSSR count). The van der Waals surface area contributed by atoms with Gasteiger partial charge in [0.25, 0.3) is 5.91 Å². The van der Waals surface area contributed by atoms with Crippen molar-refractivity contribution in [1.29, 1.82) is 0 Å². The highest BCUT2D eigenvalue weighted by molar-refractivity contribution is 5.95. The van der Waals surface area contributed by atoms with E-state index in [9.17, 15) is 9.18 Å². The van der Waals surface area contributed by atoms with E-state index in [-0.39, 0.29) is 23.3 Å². The van der Waals surface area contributed by atoms with Crippen LogP contribution in [-0.2, 0) is 4.74 Å². The Kier molecular flexibility index (Phi) is 3.23. The number of nitrogens with zero attached hydrogens (tertiary/aromatic N) is 2. The van der Waals surface area contributed by atoms with E-state index in [0.717, 1.165) is 0 Å². The number of anilines is 1. The molecule has 5 nitrogen and oxygen atoms in total. The molecule has 1 aliphatic heterocycles. The second-order valence-corrected chi connectivity index (χ2v) is 3.98. The Labute approximate surface area is 98.4 Å². The number of pyridine rings is 1. The number of hydrogen-bond acceptors (Lipinski definition) is 4. The molecule has 1 unspecified atom stereocenters. The molecule has 2 N–H and O–H groups in total. The SMILES string of the molecule is CC1COCCN1C(=O)c1ccnc(N)c1F. The number of nitrogens with two attached hydrogens (primary N) is 1. The van der Waals surface area contributed by atoms with Crippen molar-refractivity contribution in [2.75, 3.05) is 25.5 Å². The predicted molar refractivity (Wildman–Crippen MR) is 59.9 cm³/mol. The summed E-state index contributed by atoms with van der Waals surface area (Å²) in [5.74, 6) is -1.37. The number of aromatic nitrogens is 1. The van der Waals surface area contributed by atoms with E-state index < -0.39 is 5.82 Å². The van der Waals surface area contributed by atoms with Crippen molar-refractivity contribution in [3.05, 3.63) is 23.6 Å². The molecule has 1 fully saturated rings. The molecular formula is C11H14FN3O2. The highest BCUT2D eigenvalue weighted by atomic mass is 19.1. The quantitative estimate of drug-likeness (QED) is 0.781. The number of carbonyl (C=O) groups is 1. The van der Waals surface area contributed by atoms with Crippen molar-refractivity contribution in [3.63, 3.8) is 0 Å². The summed E-state index contributed by atoms with van der Waals surface area (Å²) < 4.78 is 18.9. The minimum atomic E-state index is -0.754. The summed E-state index contributed by atoms with van der Waals surface area (Å²) in [6.07, 6.45) is 1.33. The number of hydrogen-bond donors (Lipinski definition) is 1. The van der Waals surface area contributed by atoms with E-state index in [0.29, 0.717) is 19.8 Å². The third-order valence-corrected chi connectivity index (χ3v) is 2.78. The maximum Gasteiger partial charge on any atom is 0.257 e. The van der Waals surface area contributed by atoms with Crippen molar-refractivity contribution in [2.45, 2.75) is 13.0 Å². The molecule has 1 saturated heterocycles. The van der Waals surface area contributed by atoms with E-state index in [1.54, 1.807) is 4.90 Å². The van der Waals surface area contributed by atoms with Gasteiger partial charge in [0.1, 0.15) is 0 Å². The Morgan fingerprint density at radius 1 is 1.71 bits per heavy atom. The first-order valence-electron chi connectivity index (χ1n) is 5.40. The smallest absolute Gasteiger partial charge is 0.257 e. The Hall–Kier alpha value is -1.69. The Bertz CT molecular complexity index is 439. The van der Waals surface area contributed by atoms with Crippen LogP contribution < -0.4 is 5.73 Å². The van der Waals surface area contributed by atoms with Gasteiger partial charge >= 0.3 is 0 Å². The highest BCUT2D eigenvalue weighted by Crippen LogP contribution is 2.17. The summed E-state index contributed by atoms with van der Waals surface area (Å²) in [5.41, 5.74) is 5.31. The van der Waals surface area contributed by atoms with Crippen LogP contribution in [-0.4, -0.2) is 41.6 Å². The highest BCUT2D eigenvalue weighted by Gasteiger charge is 2.27. The molecule has 1 aromatic heterocycles. The number of nitrogen functional groups attached to an aromatic ring is 1. The maximum absolute atomic E-state index is 13.7. The normalized spacial score (nSPS) is 20.4. The first-order chi connectivity index (χ1) is 8.11. The van der Waals surface area contributed by atoms with E-state index in [1.165, 1.54) is 12.3 Å². The van der Waals surface area contributed by atoms with Gasteiger partial charge in [-0.3, -0.25) is 4.79 Å².